The standard InChI is InChI=1S/C14H10N2O2S2/c17-11-4-2-1-3-10(11)14(18)16-15-8-9-7-13-12(20-9)5-6-19-13/h1-8,17H,(H,16,18)/b15-8+. The number of hydrazone groups is 1. The summed E-state index contributed by atoms with van der Waals surface area (Å²) < 4.78 is 2.42. The van der Waals surface area contributed by atoms with Gasteiger partial charge in [0.15, 0.2) is 0 Å². The van der Waals surface area contributed by atoms with Crippen LogP contribution in [0.2, 0.25) is 0 Å². The highest BCUT2D eigenvalue weighted by molar-refractivity contribution is 7.27. The van der Waals surface area contributed by atoms with Gasteiger partial charge in [-0.25, -0.2) is 5.43 Å². The van der Waals surface area contributed by atoms with Crippen LogP contribution in [0.4, 0.5) is 0 Å². The average molecular weight is 302 g/mol. The van der Waals surface area contributed by atoms with Gasteiger partial charge in [-0.1, -0.05) is 12.1 Å². The van der Waals surface area contributed by atoms with Crippen molar-refractivity contribution in [2.75, 3.05) is 0 Å². The topological polar surface area (TPSA) is 61.7 Å². The van der Waals surface area contributed by atoms with Crippen LogP contribution in [0.3, 0.4) is 0 Å². The lowest BCUT2D eigenvalue weighted by molar-refractivity contribution is 0.0952. The Morgan fingerprint density at radius 2 is 2.10 bits per heavy atom. The first-order valence-corrected chi connectivity index (χ1v) is 7.52. The van der Waals surface area contributed by atoms with Gasteiger partial charge in [-0.2, -0.15) is 5.10 Å². The molecule has 1 amide bonds. The molecule has 3 rings (SSSR count). The zero-order chi connectivity index (χ0) is 13.9. The first-order chi connectivity index (χ1) is 9.74. The van der Waals surface area contributed by atoms with Crippen LogP contribution in [-0.4, -0.2) is 17.2 Å². The van der Waals surface area contributed by atoms with Crippen LogP contribution in [0.25, 0.3) is 9.40 Å². The van der Waals surface area contributed by atoms with E-state index in [2.05, 4.69) is 16.6 Å². The molecular weight excluding hydrogens is 292 g/mol. The summed E-state index contributed by atoms with van der Waals surface area (Å²) in [5, 5.41) is 15.5. The normalized spacial score (nSPS) is 11.2. The molecule has 0 saturated carbocycles. The maximum absolute atomic E-state index is 11.8. The van der Waals surface area contributed by atoms with Crippen molar-refractivity contribution in [3.63, 3.8) is 0 Å². The number of benzene rings is 1. The number of phenolic OH excluding ortho intramolecular Hbond substituents is 1. The molecule has 0 unspecified atom stereocenters. The second-order valence-corrected chi connectivity index (χ2v) is 6.08. The van der Waals surface area contributed by atoms with Crippen LogP contribution in [0.5, 0.6) is 5.75 Å². The molecule has 1 aromatic carbocycles. The van der Waals surface area contributed by atoms with E-state index in [0.717, 1.165) is 4.88 Å². The SMILES string of the molecule is O=C(N/N=C/c1cc2sccc2s1)c1ccccc1O. The smallest absolute Gasteiger partial charge is 0.275 e. The van der Waals surface area contributed by atoms with Crippen LogP contribution in [0.1, 0.15) is 15.2 Å². The van der Waals surface area contributed by atoms with Crippen molar-refractivity contribution in [2.24, 2.45) is 5.10 Å². The van der Waals surface area contributed by atoms with Crippen molar-refractivity contribution in [2.45, 2.75) is 0 Å². The first-order valence-electron chi connectivity index (χ1n) is 5.82. The van der Waals surface area contributed by atoms with Crippen molar-refractivity contribution < 1.29 is 9.90 Å². The predicted molar refractivity (Wildman–Crippen MR) is 82.9 cm³/mol. The van der Waals surface area contributed by atoms with E-state index in [1.807, 2.05) is 11.4 Å². The lowest BCUT2D eigenvalue weighted by atomic mass is 10.2. The highest BCUT2D eigenvalue weighted by atomic mass is 32.1. The number of nitrogens with zero attached hydrogens (tertiary/aromatic N) is 1. The van der Waals surface area contributed by atoms with Gasteiger partial charge in [0.25, 0.3) is 5.91 Å². The zero-order valence-corrected chi connectivity index (χ0v) is 11.9. The molecule has 0 spiro atoms. The van der Waals surface area contributed by atoms with E-state index in [-0.39, 0.29) is 11.3 Å². The molecule has 2 aromatic heterocycles. The molecule has 0 bridgehead atoms. The molecule has 100 valence electrons. The molecule has 3 aromatic rings. The van der Waals surface area contributed by atoms with E-state index in [4.69, 9.17) is 0 Å². The number of fused-ring (bicyclic) bond motifs is 1. The fourth-order valence-corrected chi connectivity index (χ4v) is 3.72. The Morgan fingerprint density at radius 3 is 2.90 bits per heavy atom. The summed E-state index contributed by atoms with van der Waals surface area (Å²) in [6.45, 7) is 0. The third-order valence-electron chi connectivity index (χ3n) is 2.66. The van der Waals surface area contributed by atoms with Crippen molar-refractivity contribution in [3.8, 4) is 5.75 Å². The van der Waals surface area contributed by atoms with Gasteiger partial charge in [0.05, 0.1) is 11.8 Å². The molecule has 20 heavy (non-hydrogen) atoms. The van der Waals surface area contributed by atoms with Crippen LogP contribution < -0.4 is 5.43 Å². The van der Waals surface area contributed by atoms with Crippen molar-refractivity contribution in [1.82, 2.24) is 5.43 Å². The Labute approximate surface area is 123 Å². The second-order valence-electron chi connectivity index (χ2n) is 4.01. The largest absolute Gasteiger partial charge is 0.507 e. The van der Waals surface area contributed by atoms with Gasteiger partial charge in [-0.15, -0.1) is 22.7 Å². The number of thiophene rings is 2. The summed E-state index contributed by atoms with van der Waals surface area (Å²) in [6, 6.07) is 10.4. The number of rotatable bonds is 3. The molecule has 4 nitrogen and oxygen atoms in total. The van der Waals surface area contributed by atoms with Gasteiger partial charge in [0.1, 0.15) is 5.75 Å². The van der Waals surface area contributed by atoms with E-state index in [1.165, 1.54) is 15.5 Å². The average Bonchev–Trinajstić information content (AvgIpc) is 3.00. The molecule has 2 heterocycles. The van der Waals surface area contributed by atoms with Gasteiger partial charge in [0, 0.05) is 14.3 Å². The molecule has 0 radical (unpaired) electrons. The van der Waals surface area contributed by atoms with Gasteiger partial charge in [-0.3, -0.25) is 4.79 Å². The van der Waals surface area contributed by atoms with Crippen LogP contribution >= 0.6 is 22.7 Å². The molecule has 6 heteroatoms. The van der Waals surface area contributed by atoms with Crippen LogP contribution in [-0.2, 0) is 0 Å². The highest BCUT2D eigenvalue weighted by Gasteiger charge is 2.08. The van der Waals surface area contributed by atoms with Gasteiger partial charge in [-0.05, 0) is 29.6 Å². The quantitative estimate of drug-likeness (QED) is 0.575. The molecule has 2 N–H and O–H groups in total. The Kier molecular flexibility index (Phi) is 3.49. The van der Waals surface area contributed by atoms with E-state index in [1.54, 1.807) is 47.1 Å². The zero-order valence-electron chi connectivity index (χ0n) is 10.2. The van der Waals surface area contributed by atoms with E-state index >= 15 is 0 Å². The predicted octanol–water partition coefficient (Wildman–Crippen LogP) is 3.43. The number of nitrogens with one attached hydrogen (secondary N) is 1. The summed E-state index contributed by atoms with van der Waals surface area (Å²) in [4.78, 5) is 12.8. The van der Waals surface area contributed by atoms with Crippen molar-refractivity contribution in [1.29, 1.82) is 0 Å². The number of phenols is 1. The van der Waals surface area contributed by atoms with Gasteiger partial charge >= 0.3 is 0 Å². The number of hydrogen-bond acceptors (Lipinski definition) is 5. The number of carbonyl (C=O) groups excluding carboxylic acids is 1. The number of aromatic hydroxyl groups is 1. The van der Waals surface area contributed by atoms with Gasteiger partial charge < -0.3 is 5.11 Å². The minimum absolute atomic E-state index is 0.0585. The number of hydrogen-bond donors (Lipinski definition) is 2. The Morgan fingerprint density at radius 1 is 1.25 bits per heavy atom. The molecular formula is C14H10N2O2S2. The minimum atomic E-state index is -0.433. The van der Waals surface area contributed by atoms with Crippen LogP contribution in [0, 0.1) is 0 Å². The molecule has 0 aliphatic carbocycles. The summed E-state index contributed by atoms with van der Waals surface area (Å²) in [6.07, 6.45) is 1.61. The van der Waals surface area contributed by atoms with E-state index in [0.29, 0.717) is 0 Å². The first kappa shape index (κ1) is 12.8. The lowest BCUT2D eigenvalue weighted by Crippen LogP contribution is -2.17. The monoisotopic (exact) mass is 302 g/mol. The Hall–Kier alpha value is -2.18. The molecule has 0 aliphatic heterocycles. The highest BCUT2D eigenvalue weighted by Crippen LogP contribution is 2.28. The molecule has 0 saturated heterocycles. The molecule has 0 fully saturated rings. The third-order valence-corrected chi connectivity index (χ3v) is 4.69. The minimum Gasteiger partial charge on any atom is -0.507 e. The fraction of sp³-hybridized carbons (Fsp3) is 0. The fourth-order valence-electron chi connectivity index (χ4n) is 1.73. The van der Waals surface area contributed by atoms with E-state index in [9.17, 15) is 9.90 Å². The Bertz CT molecular complexity index is 761. The number of para-hydroxylation sites is 1. The van der Waals surface area contributed by atoms with Crippen molar-refractivity contribution in [3.05, 3.63) is 52.2 Å². The summed E-state index contributed by atoms with van der Waals surface area (Å²) in [5.41, 5.74) is 2.61. The lowest BCUT2D eigenvalue weighted by Gasteiger charge is -2.01. The second kappa shape index (κ2) is 5.44. The van der Waals surface area contributed by atoms with Crippen molar-refractivity contribution >= 4 is 44.2 Å². The maximum Gasteiger partial charge on any atom is 0.275 e. The summed E-state index contributed by atoms with van der Waals surface area (Å²) in [5.74, 6) is -0.491. The molecule has 0 aliphatic rings. The van der Waals surface area contributed by atoms with E-state index < -0.39 is 5.91 Å². The van der Waals surface area contributed by atoms with Gasteiger partial charge in [0.2, 0.25) is 0 Å². The van der Waals surface area contributed by atoms with Crippen LogP contribution in [0.15, 0.2) is 46.9 Å². The number of amides is 1. The Balaban J connectivity index is 1.70. The maximum atomic E-state index is 11.8. The molecule has 0 atom stereocenters. The number of carbonyl (C=O) groups is 1. The summed E-state index contributed by atoms with van der Waals surface area (Å²) >= 11 is 3.29. The third kappa shape index (κ3) is 2.56. The summed E-state index contributed by atoms with van der Waals surface area (Å²) in [7, 11) is 0.